The third kappa shape index (κ3) is 3.91. The van der Waals surface area contributed by atoms with Crippen molar-refractivity contribution in [3.05, 3.63) is 12.7 Å². The molecule has 0 aliphatic carbocycles. The number of nitrogens with zero attached hydrogens (tertiary/aromatic N) is 4. The van der Waals surface area contributed by atoms with Gasteiger partial charge in [-0.2, -0.15) is 5.10 Å². The van der Waals surface area contributed by atoms with Crippen molar-refractivity contribution in [1.29, 1.82) is 0 Å². The van der Waals surface area contributed by atoms with Gasteiger partial charge in [-0.3, -0.25) is 0 Å². The molecule has 1 aromatic rings. The predicted molar refractivity (Wildman–Crippen MR) is 61.2 cm³/mol. The maximum Gasteiger partial charge on any atom is 0.137 e. The molecule has 1 N–H and O–H groups in total. The largest absolute Gasteiger partial charge is 0.411 e. The molecule has 1 aromatic heterocycles. The number of oxime groups is 1. The Morgan fingerprint density at radius 2 is 2.27 bits per heavy atom. The number of hydrogen-bond donors (Lipinski definition) is 1. The van der Waals surface area contributed by atoms with Crippen molar-refractivity contribution in [2.45, 2.75) is 26.6 Å². The maximum atomic E-state index is 8.86. The second-order valence-corrected chi connectivity index (χ2v) is 5.16. The molecule has 0 aliphatic heterocycles. The Labute approximate surface area is 93.6 Å². The van der Waals surface area contributed by atoms with Crippen molar-refractivity contribution in [2.75, 3.05) is 5.75 Å². The van der Waals surface area contributed by atoms with E-state index < -0.39 is 0 Å². The van der Waals surface area contributed by atoms with E-state index in [9.17, 15) is 0 Å². The lowest BCUT2D eigenvalue weighted by Crippen LogP contribution is -2.23. The Morgan fingerprint density at radius 3 is 2.73 bits per heavy atom. The molecule has 0 fully saturated rings. The Kier molecular flexibility index (Phi) is 4.14. The van der Waals surface area contributed by atoms with Crippen LogP contribution < -0.4 is 0 Å². The van der Waals surface area contributed by atoms with Crippen molar-refractivity contribution >= 4 is 17.5 Å². The average Bonchev–Trinajstić information content (AvgIpc) is 2.62. The van der Waals surface area contributed by atoms with Crippen molar-refractivity contribution in [2.24, 2.45) is 10.6 Å². The van der Waals surface area contributed by atoms with Crippen molar-refractivity contribution in [3.8, 4) is 0 Å². The van der Waals surface area contributed by atoms with Gasteiger partial charge in [0.25, 0.3) is 0 Å². The van der Waals surface area contributed by atoms with Crippen LogP contribution in [0.1, 0.15) is 20.8 Å². The van der Waals surface area contributed by atoms with Gasteiger partial charge in [0.05, 0.1) is 11.6 Å². The van der Waals surface area contributed by atoms with Gasteiger partial charge in [-0.05, 0) is 0 Å². The fourth-order valence-electron chi connectivity index (χ4n) is 0.931. The number of hydrogen-bond acceptors (Lipinski definition) is 5. The van der Waals surface area contributed by atoms with Crippen LogP contribution in [0.25, 0.3) is 0 Å². The molecule has 0 saturated carbocycles. The van der Waals surface area contributed by atoms with Gasteiger partial charge in [0, 0.05) is 11.2 Å². The van der Waals surface area contributed by atoms with Gasteiger partial charge in [0.15, 0.2) is 0 Å². The van der Waals surface area contributed by atoms with E-state index in [2.05, 4.69) is 15.2 Å². The van der Waals surface area contributed by atoms with Gasteiger partial charge in [0.2, 0.25) is 0 Å². The first-order chi connectivity index (χ1) is 7.04. The average molecular weight is 228 g/mol. The summed E-state index contributed by atoms with van der Waals surface area (Å²) in [4.78, 5) is 3.85. The Hall–Kier alpha value is -1.04. The second-order valence-electron chi connectivity index (χ2n) is 4.21. The zero-order valence-corrected chi connectivity index (χ0v) is 10.0. The van der Waals surface area contributed by atoms with E-state index in [0.29, 0.717) is 5.75 Å². The second kappa shape index (κ2) is 5.16. The van der Waals surface area contributed by atoms with Crippen LogP contribution in [-0.4, -0.2) is 31.4 Å². The summed E-state index contributed by atoms with van der Waals surface area (Å²) in [7, 11) is 0. The highest BCUT2D eigenvalue weighted by Gasteiger charge is 2.19. The first kappa shape index (κ1) is 12.0. The predicted octanol–water partition coefficient (Wildman–Crippen LogP) is 1.85. The normalized spacial score (nSPS) is 13.1. The fourth-order valence-corrected chi connectivity index (χ4v) is 2.03. The van der Waals surface area contributed by atoms with Gasteiger partial charge in [-0.25, -0.2) is 9.67 Å². The van der Waals surface area contributed by atoms with Crippen LogP contribution in [0.2, 0.25) is 0 Å². The van der Waals surface area contributed by atoms with Crippen molar-refractivity contribution in [3.63, 3.8) is 0 Å². The van der Waals surface area contributed by atoms with Gasteiger partial charge in [-0.1, -0.05) is 25.9 Å². The molecule has 0 unspecified atom stereocenters. The molecule has 1 rings (SSSR count). The molecule has 0 saturated heterocycles. The number of rotatable bonds is 4. The molecule has 0 amide bonds. The summed E-state index contributed by atoms with van der Waals surface area (Å²) in [6, 6.07) is 0. The molecular formula is C9H16N4OS. The van der Waals surface area contributed by atoms with E-state index in [-0.39, 0.29) is 5.41 Å². The molecule has 84 valence electrons. The Morgan fingerprint density at radius 1 is 1.53 bits per heavy atom. The van der Waals surface area contributed by atoms with E-state index in [1.54, 1.807) is 22.8 Å². The van der Waals surface area contributed by atoms with E-state index >= 15 is 0 Å². The van der Waals surface area contributed by atoms with Crippen molar-refractivity contribution < 1.29 is 5.21 Å². The van der Waals surface area contributed by atoms with Crippen LogP contribution in [-0.2, 0) is 5.88 Å². The fraction of sp³-hybridized carbons (Fsp3) is 0.667. The minimum absolute atomic E-state index is 0.0931. The van der Waals surface area contributed by atoms with Gasteiger partial charge in [-0.15, -0.1) is 11.8 Å². The molecule has 6 heteroatoms. The van der Waals surface area contributed by atoms with Crippen molar-refractivity contribution in [1.82, 2.24) is 14.8 Å². The van der Waals surface area contributed by atoms with Crippen LogP contribution in [0.4, 0.5) is 0 Å². The lowest BCUT2D eigenvalue weighted by atomic mass is 9.91. The topological polar surface area (TPSA) is 63.3 Å². The first-order valence-electron chi connectivity index (χ1n) is 4.65. The molecule has 0 bridgehead atoms. The number of aromatic nitrogens is 3. The smallest absolute Gasteiger partial charge is 0.137 e. The lowest BCUT2D eigenvalue weighted by molar-refractivity contribution is 0.311. The molecule has 0 radical (unpaired) electrons. The summed E-state index contributed by atoms with van der Waals surface area (Å²) in [5.74, 6) is 1.41. The highest BCUT2D eigenvalue weighted by Crippen LogP contribution is 2.19. The van der Waals surface area contributed by atoms with E-state index in [1.165, 1.54) is 6.33 Å². The van der Waals surface area contributed by atoms with Crippen LogP contribution in [0.3, 0.4) is 0 Å². The first-order valence-corrected chi connectivity index (χ1v) is 5.81. The lowest BCUT2D eigenvalue weighted by Gasteiger charge is -2.19. The zero-order chi connectivity index (χ0) is 11.3. The molecule has 0 aromatic carbocycles. The van der Waals surface area contributed by atoms with Crippen LogP contribution in [0.5, 0.6) is 0 Å². The summed E-state index contributed by atoms with van der Waals surface area (Å²) in [5, 5.41) is 16.2. The highest BCUT2D eigenvalue weighted by atomic mass is 32.2. The molecule has 1 heterocycles. The molecule has 0 atom stereocenters. The highest BCUT2D eigenvalue weighted by molar-refractivity contribution is 7.99. The monoisotopic (exact) mass is 228 g/mol. The van der Waals surface area contributed by atoms with Gasteiger partial charge >= 0.3 is 0 Å². The van der Waals surface area contributed by atoms with Gasteiger partial charge < -0.3 is 5.21 Å². The van der Waals surface area contributed by atoms with Crippen LogP contribution in [0.15, 0.2) is 17.8 Å². The zero-order valence-electron chi connectivity index (χ0n) is 9.21. The molecular weight excluding hydrogens is 212 g/mol. The third-order valence-corrected chi connectivity index (χ3v) is 2.84. The molecule has 0 spiro atoms. The standard InChI is InChI=1S/C9H16N4OS/c1-9(2,3)8(12-14)4-15-7-13-6-10-5-11-13/h5-6,14H,4,7H2,1-3H3/b12-8-. The quantitative estimate of drug-likeness (QED) is 0.485. The summed E-state index contributed by atoms with van der Waals surface area (Å²) < 4.78 is 1.74. The van der Waals surface area contributed by atoms with Crippen LogP contribution >= 0.6 is 11.8 Å². The number of thioether (sulfide) groups is 1. The summed E-state index contributed by atoms with van der Waals surface area (Å²) in [5.41, 5.74) is 0.692. The third-order valence-electron chi connectivity index (χ3n) is 1.92. The minimum atomic E-state index is -0.0931. The molecule has 5 nitrogen and oxygen atoms in total. The summed E-state index contributed by atoms with van der Waals surface area (Å²) in [6.45, 7) is 6.08. The van der Waals surface area contributed by atoms with Crippen LogP contribution in [0, 0.1) is 5.41 Å². The molecule has 15 heavy (non-hydrogen) atoms. The Bertz CT molecular complexity index is 315. The van der Waals surface area contributed by atoms with Gasteiger partial charge in [0.1, 0.15) is 12.7 Å². The maximum absolute atomic E-state index is 8.86. The SMILES string of the molecule is CC(C)(C)/C(CSCn1cncn1)=N\O. The minimum Gasteiger partial charge on any atom is -0.411 e. The van der Waals surface area contributed by atoms with E-state index in [1.807, 2.05) is 20.8 Å². The Balaban J connectivity index is 2.37. The summed E-state index contributed by atoms with van der Waals surface area (Å²) >= 11 is 1.64. The van der Waals surface area contributed by atoms with E-state index in [0.717, 1.165) is 11.6 Å². The molecule has 0 aliphatic rings. The van der Waals surface area contributed by atoms with E-state index in [4.69, 9.17) is 5.21 Å². The summed E-state index contributed by atoms with van der Waals surface area (Å²) in [6.07, 6.45) is 3.17.